The van der Waals surface area contributed by atoms with Gasteiger partial charge in [-0.15, -0.1) is 12.4 Å². The topological polar surface area (TPSA) is 80.0 Å². The van der Waals surface area contributed by atoms with Crippen LogP contribution in [0.4, 0.5) is 0 Å². The normalized spacial score (nSPS) is 26.8. The number of esters is 1. The number of hydrogen-bond donors (Lipinski definition) is 1. The van der Waals surface area contributed by atoms with Crippen molar-refractivity contribution in [2.75, 3.05) is 19.8 Å². The van der Waals surface area contributed by atoms with Crippen LogP contribution >= 0.6 is 12.4 Å². The maximum Gasteiger partial charge on any atom is 0.325 e. The molecule has 1 aliphatic rings. The second kappa shape index (κ2) is 12.3. The average molecular weight is 388 g/mol. The molecule has 1 aromatic rings. The molecule has 0 aliphatic carbocycles. The van der Waals surface area contributed by atoms with E-state index in [2.05, 4.69) is 6.92 Å². The van der Waals surface area contributed by atoms with Crippen LogP contribution < -0.4 is 5.73 Å². The van der Waals surface area contributed by atoms with E-state index in [4.69, 9.17) is 24.7 Å². The Balaban J connectivity index is 0.00000338. The summed E-state index contributed by atoms with van der Waals surface area (Å²) in [6.07, 6.45) is 0.777. The molecule has 0 amide bonds. The van der Waals surface area contributed by atoms with Gasteiger partial charge in [-0.2, -0.15) is 0 Å². The predicted molar refractivity (Wildman–Crippen MR) is 101 cm³/mol. The van der Waals surface area contributed by atoms with Crippen LogP contribution in [0.1, 0.15) is 32.3 Å². The lowest BCUT2D eigenvalue weighted by Crippen LogP contribution is -2.44. The van der Waals surface area contributed by atoms with Gasteiger partial charge in [0.25, 0.3) is 0 Å². The molecule has 4 atom stereocenters. The molecule has 1 aromatic carbocycles. The second-order valence-corrected chi connectivity index (χ2v) is 6.31. The zero-order valence-corrected chi connectivity index (χ0v) is 16.3. The quantitative estimate of drug-likeness (QED) is 0.571. The van der Waals surface area contributed by atoms with Gasteiger partial charge in [0.05, 0.1) is 19.8 Å². The molecule has 1 fully saturated rings. The van der Waals surface area contributed by atoms with Crippen LogP contribution in [0.3, 0.4) is 0 Å². The Kier molecular flexibility index (Phi) is 10.8. The van der Waals surface area contributed by atoms with Gasteiger partial charge >= 0.3 is 5.97 Å². The first-order chi connectivity index (χ1) is 12.1. The van der Waals surface area contributed by atoms with Gasteiger partial charge in [0.2, 0.25) is 0 Å². The highest BCUT2D eigenvalue weighted by atomic mass is 35.5. The van der Waals surface area contributed by atoms with E-state index in [1.54, 1.807) is 0 Å². The van der Waals surface area contributed by atoms with Crippen LogP contribution in [0.15, 0.2) is 30.3 Å². The van der Waals surface area contributed by atoms with Crippen molar-refractivity contribution in [1.82, 2.24) is 0 Å². The second-order valence-electron chi connectivity index (χ2n) is 6.31. The Morgan fingerprint density at radius 1 is 1.19 bits per heavy atom. The van der Waals surface area contributed by atoms with Crippen LogP contribution in [-0.2, 0) is 30.3 Å². The van der Waals surface area contributed by atoms with Gasteiger partial charge in [-0.1, -0.05) is 43.7 Å². The molecule has 0 bridgehead atoms. The molecule has 0 aromatic heterocycles. The standard InChI is InChI=1S/C19H29NO5.ClH/c1-3-4-10-23-17-13-22-12-16(20)19(21)25-14(2)18(17)24-11-15-8-6-5-7-9-15;/h5-9,14,16-18H,3-4,10-13,20H2,1-2H3;1H/t14-,16-,17-,18-;/m0./s1. The summed E-state index contributed by atoms with van der Waals surface area (Å²) in [5.74, 6) is -0.477. The third-order valence-corrected chi connectivity index (χ3v) is 4.13. The molecule has 1 heterocycles. The third kappa shape index (κ3) is 7.21. The summed E-state index contributed by atoms with van der Waals surface area (Å²) >= 11 is 0. The van der Waals surface area contributed by atoms with E-state index in [9.17, 15) is 4.79 Å². The number of cyclic esters (lactones) is 1. The Morgan fingerprint density at radius 2 is 1.92 bits per heavy atom. The summed E-state index contributed by atoms with van der Waals surface area (Å²) in [6.45, 7) is 5.37. The fourth-order valence-corrected chi connectivity index (χ4v) is 2.65. The van der Waals surface area contributed by atoms with E-state index in [1.807, 2.05) is 37.3 Å². The first-order valence-electron chi connectivity index (χ1n) is 8.92. The van der Waals surface area contributed by atoms with Crippen molar-refractivity contribution < 1.29 is 23.7 Å². The summed E-state index contributed by atoms with van der Waals surface area (Å²) in [6, 6.07) is 9.08. The maximum absolute atomic E-state index is 12.0. The molecule has 148 valence electrons. The van der Waals surface area contributed by atoms with Crippen LogP contribution in [0.2, 0.25) is 0 Å². The first kappa shape index (κ1) is 22.9. The van der Waals surface area contributed by atoms with Crippen LogP contribution in [0.25, 0.3) is 0 Å². The average Bonchev–Trinajstić information content (AvgIpc) is 2.65. The fraction of sp³-hybridized carbons (Fsp3) is 0.632. The van der Waals surface area contributed by atoms with Gasteiger partial charge in [-0.3, -0.25) is 4.79 Å². The maximum atomic E-state index is 12.0. The SMILES string of the molecule is CCCCO[C@H]1COC[C@H](N)C(=O)O[C@@H](C)[C@@H]1OCc1ccccc1.Cl. The van der Waals surface area contributed by atoms with E-state index in [0.29, 0.717) is 19.8 Å². The number of unbranched alkanes of at least 4 members (excludes halogenated alkanes) is 1. The van der Waals surface area contributed by atoms with Crippen molar-refractivity contribution in [3.8, 4) is 0 Å². The van der Waals surface area contributed by atoms with Crippen LogP contribution in [0.5, 0.6) is 0 Å². The highest BCUT2D eigenvalue weighted by Gasteiger charge is 2.34. The largest absolute Gasteiger partial charge is 0.459 e. The molecule has 0 unspecified atom stereocenters. The minimum atomic E-state index is -0.786. The highest BCUT2D eigenvalue weighted by molar-refractivity contribution is 5.85. The monoisotopic (exact) mass is 387 g/mol. The van der Waals surface area contributed by atoms with Gasteiger partial charge in [0, 0.05) is 6.61 Å². The summed E-state index contributed by atoms with van der Waals surface area (Å²) in [4.78, 5) is 12.0. The summed E-state index contributed by atoms with van der Waals surface area (Å²) in [5, 5.41) is 0. The van der Waals surface area contributed by atoms with Crippen molar-refractivity contribution in [3.63, 3.8) is 0 Å². The summed E-state index contributed by atoms with van der Waals surface area (Å²) in [7, 11) is 0. The van der Waals surface area contributed by atoms with Gasteiger partial charge in [0.1, 0.15) is 24.4 Å². The smallest absolute Gasteiger partial charge is 0.325 e. The van der Waals surface area contributed by atoms with E-state index in [0.717, 1.165) is 18.4 Å². The van der Waals surface area contributed by atoms with Crippen molar-refractivity contribution in [3.05, 3.63) is 35.9 Å². The highest BCUT2D eigenvalue weighted by Crippen LogP contribution is 2.18. The van der Waals surface area contributed by atoms with Gasteiger partial charge < -0.3 is 24.7 Å². The number of hydrogen-bond acceptors (Lipinski definition) is 6. The predicted octanol–water partition coefficient (Wildman–Crippen LogP) is 2.47. The lowest BCUT2D eigenvalue weighted by Gasteiger charge is -2.30. The molecule has 26 heavy (non-hydrogen) atoms. The number of nitrogens with two attached hydrogens (primary N) is 1. The molecular weight excluding hydrogens is 358 g/mol. The number of rotatable bonds is 7. The lowest BCUT2D eigenvalue weighted by atomic mass is 10.1. The minimum Gasteiger partial charge on any atom is -0.459 e. The van der Waals surface area contributed by atoms with E-state index < -0.39 is 24.2 Å². The minimum absolute atomic E-state index is 0. The van der Waals surface area contributed by atoms with E-state index >= 15 is 0 Å². The molecule has 6 nitrogen and oxygen atoms in total. The summed E-state index contributed by atoms with van der Waals surface area (Å²) in [5.41, 5.74) is 6.82. The zero-order chi connectivity index (χ0) is 18.1. The lowest BCUT2D eigenvalue weighted by molar-refractivity contribution is -0.169. The number of carbonyl (C=O) groups excluding carboxylic acids is 1. The number of halogens is 1. The van der Waals surface area contributed by atoms with E-state index in [1.165, 1.54) is 0 Å². The molecule has 2 rings (SSSR count). The Morgan fingerprint density at radius 3 is 2.62 bits per heavy atom. The van der Waals surface area contributed by atoms with Gasteiger partial charge in [-0.05, 0) is 18.9 Å². The number of ether oxygens (including phenoxy) is 4. The zero-order valence-electron chi connectivity index (χ0n) is 15.5. The molecule has 0 spiro atoms. The Labute approximate surface area is 161 Å². The number of carbonyl (C=O) groups is 1. The van der Waals surface area contributed by atoms with Crippen molar-refractivity contribution in [2.45, 2.75) is 57.6 Å². The Bertz CT molecular complexity index is 516. The van der Waals surface area contributed by atoms with E-state index in [-0.39, 0.29) is 25.1 Å². The molecule has 1 aliphatic heterocycles. The summed E-state index contributed by atoms with van der Waals surface area (Å²) < 4.78 is 23.1. The fourth-order valence-electron chi connectivity index (χ4n) is 2.65. The van der Waals surface area contributed by atoms with Crippen molar-refractivity contribution in [2.24, 2.45) is 5.73 Å². The third-order valence-electron chi connectivity index (χ3n) is 4.13. The van der Waals surface area contributed by atoms with Crippen LogP contribution in [-0.4, -0.2) is 50.1 Å². The molecule has 0 saturated carbocycles. The molecule has 1 saturated heterocycles. The van der Waals surface area contributed by atoms with Crippen LogP contribution in [0, 0.1) is 0 Å². The van der Waals surface area contributed by atoms with Gasteiger partial charge in [-0.25, -0.2) is 0 Å². The van der Waals surface area contributed by atoms with Crippen molar-refractivity contribution >= 4 is 18.4 Å². The first-order valence-corrected chi connectivity index (χ1v) is 8.92. The molecular formula is C19H30ClNO5. The van der Waals surface area contributed by atoms with Gasteiger partial charge in [0.15, 0.2) is 0 Å². The Hall–Kier alpha value is -1.18. The molecule has 2 N–H and O–H groups in total. The van der Waals surface area contributed by atoms with Crippen molar-refractivity contribution in [1.29, 1.82) is 0 Å². The molecule has 0 radical (unpaired) electrons. The molecule has 7 heteroatoms. The number of benzene rings is 1.